The van der Waals surface area contributed by atoms with E-state index in [9.17, 15) is 0 Å². The zero-order valence-electron chi connectivity index (χ0n) is 7.81. The van der Waals surface area contributed by atoms with Gasteiger partial charge in [0, 0.05) is 12.6 Å². The minimum Gasteiger partial charge on any atom is -0.376 e. The Hall–Kier alpha value is -0.460. The molecule has 0 aliphatic heterocycles. The van der Waals surface area contributed by atoms with Gasteiger partial charge in [-0.1, -0.05) is 20.4 Å². The molecule has 0 spiro atoms. The molecular weight excluding hydrogens is 122 g/mol. The lowest BCUT2D eigenvalue weighted by atomic mass is 9.89. The van der Waals surface area contributed by atoms with Crippen molar-refractivity contribution in [2.45, 2.75) is 33.2 Å². The van der Waals surface area contributed by atoms with Gasteiger partial charge in [0.05, 0.1) is 0 Å². The van der Waals surface area contributed by atoms with Gasteiger partial charge in [0.1, 0.15) is 0 Å². The maximum Gasteiger partial charge on any atom is 0.0359 e. The summed E-state index contributed by atoms with van der Waals surface area (Å²) in [6.45, 7) is 12.6. The molecule has 0 bridgehead atoms. The van der Waals surface area contributed by atoms with Crippen LogP contribution in [0.15, 0.2) is 12.8 Å². The van der Waals surface area contributed by atoms with Gasteiger partial charge in [0.25, 0.3) is 0 Å². The lowest BCUT2D eigenvalue weighted by Crippen LogP contribution is -2.41. The van der Waals surface area contributed by atoms with Crippen molar-refractivity contribution in [2.24, 2.45) is 5.92 Å². The van der Waals surface area contributed by atoms with Crippen LogP contribution in [-0.4, -0.2) is 17.5 Å². The summed E-state index contributed by atoms with van der Waals surface area (Å²) >= 11 is 0. The summed E-state index contributed by atoms with van der Waals surface area (Å²) in [5.74, 6) is 0.649. The fraction of sp³-hybridized carbons (Fsp3) is 0.778. The van der Waals surface area contributed by atoms with Crippen molar-refractivity contribution in [2.75, 3.05) is 7.05 Å². The summed E-state index contributed by atoms with van der Waals surface area (Å²) < 4.78 is 0. The molecule has 0 N–H and O–H groups in total. The Labute approximate surface area is 64.7 Å². The van der Waals surface area contributed by atoms with Gasteiger partial charge < -0.3 is 4.90 Å². The first kappa shape index (κ1) is 9.54. The molecule has 0 fully saturated rings. The lowest BCUT2D eigenvalue weighted by molar-refractivity contribution is 0.159. The van der Waals surface area contributed by atoms with Crippen LogP contribution in [0.25, 0.3) is 0 Å². The van der Waals surface area contributed by atoms with Crippen LogP contribution in [0.1, 0.15) is 27.7 Å². The number of rotatable bonds is 3. The molecule has 0 saturated heterocycles. The van der Waals surface area contributed by atoms with E-state index in [2.05, 4.69) is 46.2 Å². The maximum absolute atomic E-state index is 3.74. The van der Waals surface area contributed by atoms with Crippen molar-refractivity contribution < 1.29 is 0 Å². The van der Waals surface area contributed by atoms with Gasteiger partial charge in [0.2, 0.25) is 0 Å². The zero-order valence-corrected chi connectivity index (χ0v) is 7.81. The fourth-order valence-electron chi connectivity index (χ4n) is 0.643. The SMILES string of the molecule is C=CN(C)C(C)(C)C(C)C. The standard InChI is InChI=1S/C9H19N/c1-7-10(6)9(4,5)8(2)3/h7-8H,1H2,2-6H3. The molecule has 0 aromatic carbocycles. The van der Waals surface area contributed by atoms with Gasteiger partial charge in [-0.2, -0.15) is 0 Å². The van der Waals surface area contributed by atoms with E-state index in [1.165, 1.54) is 0 Å². The smallest absolute Gasteiger partial charge is 0.0359 e. The maximum atomic E-state index is 3.74. The van der Waals surface area contributed by atoms with E-state index in [4.69, 9.17) is 0 Å². The summed E-state index contributed by atoms with van der Waals surface area (Å²) in [4.78, 5) is 2.15. The molecule has 0 radical (unpaired) electrons. The average Bonchev–Trinajstić information content (AvgIpc) is 1.86. The van der Waals surface area contributed by atoms with Crippen molar-refractivity contribution in [3.63, 3.8) is 0 Å². The lowest BCUT2D eigenvalue weighted by Gasteiger charge is -2.38. The third-order valence-electron chi connectivity index (χ3n) is 2.60. The Morgan fingerprint density at radius 3 is 1.90 bits per heavy atom. The highest BCUT2D eigenvalue weighted by Gasteiger charge is 2.24. The summed E-state index contributed by atoms with van der Waals surface area (Å²) in [7, 11) is 2.06. The molecule has 0 heterocycles. The molecule has 1 nitrogen and oxygen atoms in total. The molecular formula is C9H19N. The van der Waals surface area contributed by atoms with Gasteiger partial charge in [-0.25, -0.2) is 0 Å². The summed E-state index contributed by atoms with van der Waals surface area (Å²) in [5.41, 5.74) is 0.224. The normalized spacial score (nSPS) is 11.8. The highest BCUT2D eigenvalue weighted by molar-refractivity contribution is 4.87. The van der Waals surface area contributed by atoms with Crippen molar-refractivity contribution in [3.05, 3.63) is 12.8 Å². The molecule has 0 rings (SSSR count). The first-order chi connectivity index (χ1) is 4.42. The van der Waals surface area contributed by atoms with Gasteiger partial charge in [-0.15, -0.1) is 0 Å². The predicted octanol–water partition coefficient (Wildman–Crippen LogP) is 2.50. The van der Waals surface area contributed by atoms with Gasteiger partial charge in [0.15, 0.2) is 0 Å². The molecule has 10 heavy (non-hydrogen) atoms. The topological polar surface area (TPSA) is 3.24 Å². The van der Waals surface area contributed by atoms with Crippen LogP contribution in [0.4, 0.5) is 0 Å². The molecule has 1 heteroatoms. The number of hydrogen-bond acceptors (Lipinski definition) is 1. The van der Waals surface area contributed by atoms with E-state index in [0.717, 1.165) is 0 Å². The Kier molecular flexibility index (Phi) is 2.95. The van der Waals surface area contributed by atoms with Crippen LogP contribution in [0.3, 0.4) is 0 Å². The zero-order chi connectivity index (χ0) is 8.36. The summed E-state index contributed by atoms with van der Waals surface area (Å²) in [6, 6.07) is 0. The number of nitrogens with zero attached hydrogens (tertiary/aromatic N) is 1. The van der Waals surface area contributed by atoms with E-state index in [0.29, 0.717) is 5.92 Å². The number of hydrogen-bond donors (Lipinski definition) is 0. The third kappa shape index (κ3) is 1.76. The van der Waals surface area contributed by atoms with Crippen LogP contribution < -0.4 is 0 Å². The van der Waals surface area contributed by atoms with Gasteiger partial charge in [-0.3, -0.25) is 0 Å². The van der Waals surface area contributed by atoms with Gasteiger partial charge >= 0.3 is 0 Å². The third-order valence-corrected chi connectivity index (χ3v) is 2.60. The summed E-state index contributed by atoms with van der Waals surface area (Å²) in [6.07, 6.45) is 1.88. The van der Waals surface area contributed by atoms with Gasteiger partial charge in [-0.05, 0) is 26.0 Å². The van der Waals surface area contributed by atoms with Crippen LogP contribution in [0.5, 0.6) is 0 Å². The van der Waals surface area contributed by atoms with Crippen LogP contribution in [0.2, 0.25) is 0 Å². The molecule has 60 valence electrons. The molecule has 0 aromatic heterocycles. The molecule has 0 aliphatic carbocycles. The monoisotopic (exact) mass is 141 g/mol. The van der Waals surface area contributed by atoms with E-state index in [-0.39, 0.29) is 5.54 Å². The largest absolute Gasteiger partial charge is 0.376 e. The van der Waals surface area contributed by atoms with E-state index < -0.39 is 0 Å². The minimum atomic E-state index is 0.224. The predicted molar refractivity (Wildman–Crippen MR) is 46.9 cm³/mol. The van der Waals surface area contributed by atoms with E-state index >= 15 is 0 Å². The second-order valence-corrected chi connectivity index (χ2v) is 3.60. The highest BCUT2D eigenvalue weighted by Crippen LogP contribution is 2.21. The van der Waals surface area contributed by atoms with E-state index in [1.807, 2.05) is 6.20 Å². The van der Waals surface area contributed by atoms with Crippen LogP contribution in [0, 0.1) is 5.92 Å². The molecule has 0 aromatic rings. The van der Waals surface area contributed by atoms with Crippen LogP contribution in [-0.2, 0) is 0 Å². The Morgan fingerprint density at radius 2 is 1.80 bits per heavy atom. The molecule has 0 unspecified atom stereocenters. The Morgan fingerprint density at radius 1 is 1.40 bits per heavy atom. The molecule has 0 atom stereocenters. The second-order valence-electron chi connectivity index (χ2n) is 3.60. The van der Waals surface area contributed by atoms with Crippen molar-refractivity contribution in [1.82, 2.24) is 4.90 Å². The molecule has 0 saturated carbocycles. The molecule has 0 aliphatic rings. The minimum absolute atomic E-state index is 0.224. The first-order valence-corrected chi connectivity index (χ1v) is 3.78. The summed E-state index contributed by atoms with van der Waals surface area (Å²) in [5, 5.41) is 0. The van der Waals surface area contributed by atoms with Crippen molar-refractivity contribution >= 4 is 0 Å². The molecule has 0 amide bonds. The Bertz CT molecular complexity index is 114. The highest BCUT2D eigenvalue weighted by atomic mass is 15.1. The van der Waals surface area contributed by atoms with Crippen LogP contribution >= 0.6 is 0 Å². The van der Waals surface area contributed by atoms with Crippen molar-refractivity contribution in [3.8, 4) is 0 Å². The fourth-order valence-corrected chi connectivity index (χ4v) is 0.643. The Balaban J connectivity index is 4.22. The first-order valence-electron chi connectivity index (χ1n) is 3.78. The average molecular weight is 141 g/mol. The van der Waals surface area contributed by atoms with E-state index in [1.54, 1.807) is 0 Å². The second kappa shape index (κ2) is 3.09. The van der Waals surface area contributed by atoms with Crippen molar-refractivity contribution in [1.29, 1.82) is 0 Å². The quantitative estimate of drug-likeness (QED) is 0.583.